The third-order valence-corrected chi connectivity index (χ3v) is 2.71. The van der Waals surface area contributed by atoms with Crippen LogP contribution in [0.3, 0.4) is 0 Å². The highest BCUT2D eigenvalue weighted by atomic mass is 16.5. The van der Waals surface area contributed by atoms with Crippen LogP contribution in [0.5, 0.6) is 0 Å². The maximum Gasteiger partial charge on any atom is 0.0849 e. The lowest BCUT2D eigenvalue weighted by atomic mass is 9.99. The van der Waals surface area contributed by atoms with Crippen LogP contribution in [0.1, 0.15) is 30.1 Å². The van der Waals surface area contributed by atoms with Gasteiger partial charge in [-0.15, -0.1) is 0 Å². The van der Waals surface area contributed by atoms with E-state index in [-0.39, 0.29) is 12.2 Å². The Morgan fingerprint density at radius 1 is 1.29 bits per heavy atom. The van der Waals surface area contributed by atoms with Crippen LogP contribution in [0.15, 0.2) is 24.3 Å². The van der Waals surface area contributed by atoms with Crippen LogP contribution in [-0.4, -0.2) is 17.8 Å². The van der Waals surface area contributed by atoms with Crippen molar-refractivity contribution in [3.8, 4) is 0 Å². The predicted molar refractivity (Wildman–Crippen MR) is 55.1 cm³/mol. The lowest BCUT2D eigenvalue weighted by molar-refractivity contribution is -0.0447. The van der Waals surface area contributed by atoms with Crippen molar-refractivity contribution in [3.05, 3.63) is 35.4 Å². The Kier molecular flexibility index (Phi) is 2.85. The van der Waals surface area contributed by atoms with E-state index in [1.807, 2.05) is 0 Å². The molecule has 0 spiro atoms. The molecule has 1 aromatic rings. The van der Waals surface area contributed by atoms with Gasteiger partial charge in [0.15, 0.2) is 0 Å². The number of hydrogen-bond acceptors (Lipinski definition) is 2. The highest BCUT2D eigenvalue weighted by Gasteiger charge is 2.21. The summed E-state index contributed by atoms with van der Waals surface area (Å²) in [4.78, 5) is 0. The number of aliphatic hydroxyl groups is 1. The van der Waals surface area contributed by atoms with Gasteiger partial charge >= 0.3 is 0 Å². The fourth-order valence-electron chi connectivity index (χ4n) is 1.79. The smallest absolute Gasteiger partial charge is 0.0849 e. The van der Waals surface area contributed by atoms with E-state index in [2.05, 4.69) is 31.2 Å². The fourth-order valence-corrected chi connectivity index (χ4v) is 1.79. The van der Waals surface area contributed by atoms with Gasteiger partial charge in [-0.1, -0.05) is 29.8 Å². The van der Waals surface area contributed by atoms with E-state index in [1.165, 1.54) is 11.1 Å². The Hall–Kier alpha value is -0.860. The van der Waals surface area contributed by atoms with E-state index >= 15 is 0 Å². The molecule has 0 radical (unpaired) electrons. The van der Waals surface area contributed by atoms with E-state index < -0.39 is 0 Å². The molecule has 2 nitrogen and oxygen atoms in total. The predicted octanol–water partition coefficient (Wildman–Crippen LogP) is 2.21. The molecule has 1 aliphatic rings. The highest BCUT2D eigenvalue weighted by molar-refractivity contribution is 5.23. The van der Waals surface area contributed by atoms with E-state index in [9.17, 15) is 5.11 Å². The summed E-state index contributed by atoms with van der Waals surface area (Å²) in [5, 5.41) is 9.52. The summed E-state index contributed by atoms with van der Waals surface area (Å²) in [5.74, 6) is 0. The molecule has 2 rings (SSSR count). The first-order valence-corrected chi connectivity index (χ1v) is 5.12. The monoisotopic (exact) mass is 192 g/mol. The molecule has 1 saturated heterocycles. The molecular weight excluding hydrogens is 176 g/mol. The van der Waals surface area contributed by atoms with Crippen molar-refractivity contribution in [2.24, 2.45) is 0 Å². The molecule has 1 fully saturated rings. The molecule has 0 aromatic heterocycles. The molecule has 1 aromatic carbocycles. The molecule has 0 saturated carbocycles. The average molecular weight is 192 g/mol. The molecular formula is C12H16O2. The lowest BCUT2D eigenvalue weighted by Gasteiger charge is -2.26. The Bertz CT molecular complexity index is 292. The molecule has 1 heterocycles. The van der Waals surface area contributed by atoms with Crippen LogP contribution < -0.4 is 0 Å². The average Bonchev–Trinajstić information content (AvgIpc) is 2.19. The minimum atomic E-state index is -0.199. The van der Waals surface area contributed by atoms with E-state index in [1.54, 1.807) is 0 Å². The summed E-state index contributed by atoms with van der Waals surface area (Å²) in [6, 6.07) is 8.33. The van der Waals surface area contributed by atoms with Crippen LogP contribution in [-0.2, 0) is 4.74 Å². The van der Waals surface area contributed by atoms with Gasteiger partial charge in [0.05, 0.1) is 12.2 Å². The second-order valence-electron chi connectivity index (χ2n) is 3.95. The van der Waals surface area contributed by atoms with Crippen LogP contribution in [0.2, 0.25) is 0 Å². The third-order valence-electron chi connectivity index (χ3n) is 2.71. The van der Waals surface area contributed by atoms with Crippen molar-refractivity contribution < 1.29 is 9.84 Å². The van der Waals surface area contributed by atoms with Crippen LogP contribution in [0, 0.1) is 6.92 Å². The molecule has 14 heavy (non-hydrogen) atoms. The number of benzene rings is 1. The van der Waals surface area contributed by atoms with E-state index in [4.69, 9.17) is 4.74 Å². The Labute approximate surface area is 84.5 Å². The van der Waals surface area contributed by atoms with E-state index in [0.717, 1.165) is 12.8 Å². The van der Waals surface area contributed by atoms with E-state index in [0.29, 0.717) is 6.61 Å². The number of aliphatic hydroxyl groups excluding tert-OH is 1. The van der Waals surface area contributed by atoms with Crippen LogP contribution in [0.4, 0.5) is 0 Å². The van der Waals surface area contributed by atoms with Gasteiger partial charge in [-0.3, -0.25) is 0 Å². The molecule has 76 valence electrons. The van der Waals surface area contributed by atoms with Crippen LogP contribution in [0.25, 0.3) is 0 Å². The topological polar surface area (TPSA) is 29.5 Å². The van der Waals surface area contributed by atoms with Gasteiger partial charge in [-0.05, 0) is 18.9 Å². The Morgan fingerprint density at radius 2 is 2.00 bits per heavy atom. The second-order valence-corrected chi connectivity index (χ2v) is 3.95. The lowest BCUT2D eigenvalue weighted by Crippen LogP contribution is -2.23. The first-order chi connectivity index (χ1) is 6.75. The highest BCUT2D eigenvalue weighted by Crippen LogP contribution is 2.27. The molecule has 1 N–H and O–H groups in total. The Balaban J connectivity index is 2.10. The Morgan fingerprint density at radius 3 is 2.64 bits per heavy atom. The summed E-state index contributed by atoms with van der Waals surface area (Å²) < 4.78 is 5.61. The minimum Gasteiger partial charge on any atom is -0.393 e. The van der Waals surface area contributed by atoms with Crippen LogP contribution >= 0.6 is 0 Å². The minimum absolute atomic E-state index is 0.0827. The third kappa shape index (κ3) is 2.14. The van der Waals surface area contributed by atoms with Gasteiger partial charge < -0.3 is 9.84 Å². The molecule has 0 bridgehead atoms. The van der Waals surface area contributed by atoms with Gasteiger partial charge in [-0.2, -0.15) is 0 Å². The first kappa shape index (κ1) is 9.69. The summed E-state index contributed by atoms with van der Waals surface area (Å²) in [7, 11) is 0. The summed E-state index contributed by atoms with van der Waals surface area (Å²) >= 11 is 0. The summed E-state index contributed by atoms with van der Waals surface area (Å²) in [6.45, 7) is 2.74. The second kappa shape index (κ2) is 4.11. The molecule has 2 heteroatoms. The molecule has 0 aliphatic carbocycles. The standard InChI is InChI=1S/C12H16O2/c1-9-2-4-10(5-3-9)12-8-11(13)6-7-14-12/h2-5,11-13H,6-8H2,1H3/t11-,12+/m1/s1. The number of aryl methyl sites for hydroxylation is 1. The van der Waals surface area contributed by atoms with Crippen molar-refractivity contribution in [1.29, 1.82) is 0 Å². The summed E-state index contributed by atoms with van der Waals surface area (Å²) in [5.41, 5.74) is 2.43. The number of hydrogen-bond donors (Lipinski definition) is 1. The number of rotatable bonds is 1. The van der Waals surface area contributed by atoms with Crippen molar-refractivity contribution in [1.82, 2.24) is 0 Å². The zero-order valence-electron chi connectivity index (χ0n) is 8.44. The van der Waals surface area contributed by atoms with Gasteiger partial charge in [0.25, 0.3) is 0 Å². The molecule has 2 atom stereocenters. The van der Waals surface area contributed by atoms with Gasteiger partial charge in [-0.25, -0.2) is 0 Å². The summed E-state index contributed by atoms with van der Waals surface area (Å²) in [6.07, 6.45) is 1.38. The van der Waals surface area contributed by atoms with Crippen molar-refractivity contribution in [2.45, 2.75) is 32.0 Å². The van der Waals surface area contributed by atoms with Crippen molar-refractivity contribution >= 4 is 0 Å². The zero-order valence-corrected chi connectivity index (χ0v) is 8.44. The molecule has 0 unspecified atom stereocenters. The van der Waals surface area contributed by atoms with Gasteiger partial charge in [0, 0.05) is 13.0 Å². The van der Waals surface area contributed by atoms with Crippen molar-refractivity contribution in [2.75, 3.05) is 6.61 Å². The number of ether oxygens (including phenoxy) is 1. The first-order valence-electron chi connectivity index (χ1n) is 5.12. The largest absolute Gasteiger partial charge is 0.393 e. The molecule has 0 amide bonds. The quantitative estimate of drug-likeness (QED) is 0.739. The van der Waals surface area contributed by atoms with Gasteiger partial charge in [0.2, 0.25) is 0 Å². The fraction of sp³-hybridized carbons (Fsp3) is 0.500. The maximum atomic E-state index is 9.52. The zero-order chi connectivity index (χ0) is 9.97. The molecule has 1 aliphatic heterocycles. The van der Waals surface area contributed by atoms with Gasteiger partial charge in [0.1, 0.15) is 0 Å². The van der Waals surface area contributed by atoms with Crippen molar-refractivity contribution in [3.63, 3.8) is 0 Å². The maximum absolute atomic E-state index is 9.52. The SMILES string of the molecule is Cc1ccc([C@@H]2C[C@H](O)CCO2)cc1. The normalized spacial score (nSPS) is 27.6.